The van der Waals surface area contributed by atoms with E-state index >= 15 is 0 Å². The van der Waals surface area contributed by atoms with Crippen molar-refractivity contribution in [1.82, 2.24) is 16.4 Å². The first-order chi connectivity index (χ1) is 16.5. The van der Waals surface area contributed by atoms with Crippen LogP contribution in [0.15, 0.2) is 23.1 Å². The van der Waals surface area contributed by atoms with E-state index in [1.54, 1.807) is 6.07 Å². The Kier molecular flexibility index (Phi) is 10.2. The number of hydrogen-bond donors (Lipinski definition) is 5. The number of rotatable bonds is 8. The predicted molar refractivity (Wildman–Crippen MR) is 130 cm³/mol. The number of carboxylic acids is 1. The summed E-state index contributed by atoms with van der Waals surface area (Å²) in [6.07, 6.45) is -3.89. The Morgan fingerprint density at radius 2 is 2.00 bits per heavy atom. The molecule has 2 aliphatic rings. The number of aliphatic carboxylic acids is 1. The number of aliphatic hydroxyl groups excluding tert-OH is 3. The maximum absolute atomic E-state index is 12.5. The quantitative estimate of drug-likeness (QED) is 0.183. The number of ether oxygens (including phenoxy) is 3. The number of carboxylic acid groups (broad SMARTS) is 1. The summed E-state index contributed by atoms with van der Waals surface area (Å²) in [6.45, 7) is -0.0271. The number of carbonyl (C=O) groups excluding carboxylic acids is 3. The summed E-state index contributed by atoms with van der Waals surface area (Å²) in [7, 11) is 1.37. The zero-order valence-corrected chi connectivity index (χ0v) is 21.2. The number of amides is 2. The number of carbonyl (C=O) groups is 3. The van der Waals surface area contributed by atoms with Crippen LogP contribution in [0.3, 0.4) is 0 Å². The molecule has 5 unspecified atom stereocenters. The standard InChI is InChI=1S/C21H24N2O10S2.H3N/c1-9(25)22-16-18(29)17(28)13(8-24)33-20(16)32-11-4-3-10(5-12(11)31-2)6-14-19(30)23(7-15(26)27)21(34)35-14;/h3-6,13,16-18,20,24,28-29H,7-8H2,1-2H3,(H,22,25)(H,26,27);1H3. The molecule has 0 aromatic heterocycles. The fourth-order valence-corrected chi connectivity index (χ4v) is 4.74. The molecule has 0 bridgehead atoms. The second-order valence-corrected chi connectivity index (χ2v) is 9.28. The van der Waals surface area contributed by atoms with E-state index in [-0.39, 0.29) is 26.9 Å². The highest BCUT2D eigenvalue weighted by Gasteiger charge is 2.46. The van der Waals surface area contributed by atoms with Gasteiger partial charge in [0.15, 0.2) is 11.5 Å². The highest BCUT2D eigenvalue weighted by Crippen LogP contribution is 2.36. The summed E-state index contributed by atoms with van der Waals surface area (Å²) >= 11 is 6.00. The largest absolute Gasteiger partial charge is 0.548 e. The van der Waals surface area contributed by atoms with Gasteiger partial charge in [0.05, 0.1) is 31.1 Å². The minimum absolute atomic E-state index is 0. The van der Waals surface area contributed by atoms with Crippen LogP contribution in [0.4, 0.5) is 0 Å². The number of thioether (sulfide) groups is 1. The van der Waals surface area contributed by atoms with Crippen molar-refractivity contribution in [1.29, 1.82) is 0 Å². The summed E-state index contributed by atoms with van der Waals surface area (Å²) in [6, 6.07) is 3.45. The monoisotopic (exact) mass is 545 g/mol. The second-order valence-electron chi connectivity index (χ2n) is 7.60. The van der Waals surface area contributed by atoms with E-state index in [1.807, 2.05) is 0 Å². The van der Waals surface area contributed by atoms with Gasteiger partial charge in [-0.25, -0.2) is 0 Å². The van der Waals surface area contributed by atoms with Crippen LogP contribution in [0.1, 0.15) is 12.5 Å². The molecule has 1 aromatic rings. The zero-order chi connectivity index (χ0) is 25.9. The summed E-state index contributed by atoms with van der Waals surface area (Å²) < 4.78 is 16.8. The fraction of sp³-hybridized carbons (Fsp3) is 0.429. The number of methoxy groups -OCH3 is 1. The highest BCUT2D eigenvalue weighted by molar-refractivity contribution is 8.26. The molecule has 0 spiro atoms. The van der Waals surface area contributed by atoms with Crippen LogP contribution in [-0.2, 0) is 19.1 Å². The van der Waals surface area contributed by atoms with E-state index < -0.39 is 61.6 Å². The first-order valence-corrected chi connectivity index (χ1v) is 11.5. The van der Waals surface area contributed by atoms with Crippen LogP contribution in [0.5, 0.6) is 11.5 Å². The van der Waals surface area contributed by atoms with E-state index in [9.17, 15) is 34.8 Å². The Morgan fingerprint density at radius 3 is 2.58 bits per heavy atom. The number of nitrogens with zero attached hydrogens (tertiary/aromatic N) is 1. The third-order valence-electron chi connectivity index (χ3n) is 5.14. The third-order valence-corrected chi connectivity index (χ3v) is 6.52. The van der Waals surface area contributed by atoms with Gasteiger partial charge >= 0.3 is 0 Å². The lowest BCUT2D eigenvalue weighted by Gasteiger charge is -2.42. The van der Waals surface area contributed by atoms with Gasteiger partial charge in [0.25, 0.3) is 5.91 Å². The van der Waals surface area contributed by atoms with Crippen LogP contribution in [0.2, 0.25) is 0 Å². The lowest BCUT2D eigenvalue weighted by Crippen LogP contribution is -2.65. The first kappa shape index (κ1) is 29.4. The smallest absolute Gasteiger partial charge is 0.266 e. The van der Waals surface area contributed by atoms with Crippen molar-refractivity contribution in [2.24, 2.45) is 0 Å². The van der Waals surface area contributed by atoms with Gasteiger partial charge in [-0.3, -0.25) is 14.5 Å². The Morgan fingerprint density at radius 1 is 1.31 bits per heavy atom. The molecule has 198 valence electrons. The molecule has 3 rings (SSSR count). The third kappa shape index (κ3) is 6.50. The van der Waals surface area contributed by atoms with Crippen molar-refractivity contribution in [2.45, 2.75) is 37.6 Å². The van der Waals surface area contributed by atoms with E-state index in [2.05, 4.69) is 5.32 Å². The second kappa shape index (κ2) is 12.4. The maximum atomic E-state index is 12.5. The molecule has 1 aromatic carbocycles. The van der Waals surface area contributed by atoms with Gasteiger partial charge in [0, 0.05) is 6.92 Å². The van der Waals surface area contributed by atoms with Gasteiger partial charge in [-0.05, 0) is 23.8 Å². The van der Waals surface area contributed by atoms with E-state index in [0.717, 1.165) is 16.7 Å². The number of aliphatic hydroxyl groups is 3. The first-order valence-electron chi connectivity index (χ1n) is 10.2. The predicted octanol–water partition coefficient (Wildman–Crippen LogP) is -1.65. The minimum Gasteiger partial charge on any atom is -0.548 e. The van der Waals surface area contributed by atoms with Crippen molar-refractivity contribution in [2.75, 3.05) is 20.3 Å². The lowest BCUT2D eigenvalue weighted by molar-refractivity contribution is -0.305. The zero-order valence-electron chi connectivity index (χ0n) is 19.6. The van der Waals surface area contributed by atoms with E-state index in [0.29, 0.717) is 5.56 Å². The fourth-order valence-electron chi connectivity index (χ4n) is 3.48. The number of hydrogen-bond acceptors (Lipinski definition) is 12. The highest BCUT2D eigenvalue weighted by atomic mass is 32.2. The number of benzene rings is 1. The number of thiocarbonyl (C=S) groups is 1. The van der Waals surface area contributed by atoms with Crippen molar-refractivity contribution in [3.05, 3.63) is 28.7 Å². The molecule has 2 fully saturated rings. The SMILES string of the molecule is COc1cc(C=C2SC(=S)N(CC(=O)[O-])C2=O)ccc1OC1OC(CO)C(O)C(O)C1NC(C)=O.[NH4+]. The molecule has 5 atom stereocenters. The number of quaternary nitrogens is 1. The Labute approximate surface area is 215 Å². The molecule has 8 N–H and O–H groups in total. The van der Waals surface area contributed by atoms with E-state index in [1.165, 1.54) is 32.2 Å². The molecular formula is C21H27N3O10S2. The van der Waals surface area contributed by atoms with Crippen molar-refractivity contribution >= 4 is 52.2 Å². The number of nitrogens with one attached hydrogen (secondary N) is 1. The van der Waals surface area contributed by atoms with Gasteiger partial charge in [0.1, 0.15) is 28.7 Å². The summed E-state index contributed by atoms with van der Waals surface area (Å²) in [5.74, 6) is -2.15. The molecule has 13 nitrogen and oxygen atoms in total. The normalized spacial score (nSPS) is 27.0. The average molecular weight is 546 g/mol. The summed E-state index contributed by atoms with van der Waals surface area (Å²) in [5.41, 5.74) is 0.509. The van der Waals surface area contributed by atoms with Gasteiger partial charge in [0.2, 0.25) is 12.2 Å². The topological polar surface area (TPSA) is 214 Å². The Bertz CT molecular complexity index is 1050. The van der Waals surface area contributed by atoms with Crippen molar-refractivity contribution < 1.29 is 49.0 Å². The molecule has 0 aliphatic carbocycles. The van der Waals surface area contributed by atoms with Crippen LogP contribution >= 0.6 is 24.0 Å². The van der Waals surface area contributed by atoms with Crippen molar-refractivity contribution in [3.63, 3.8) is 0 Å². The maximum Gasteiger partial charge on any atom is 0.266 e. The molecular weight excluding hydrogens is 518 g/mol. The molecule has 36 heavy (non-hydrogen) atoms. The molecule has 0 radical (unpaired) electrons. The van der Waals surface area contributed by atoms with Crippen LogP contribution in [0, 0.1) is 0 Å². The van der Waals surface area contributed by atoms with Crippen LogP contribution < -0.4 is 26.0 Å². The minimum atomic E-state index is -1.48. The van der Waals surface area contributed by atoms with Gasteiger partial charge < -0.3 is 50.9 Å². The lowest BCUT2D eigenvalue weighted by atomic mass is 9.97. The van der Waals surface area contributed by atoms with Crippen molar-refractivity contribution in [3.8, 4) is 11.5 Å². The Balaban J connectivity index is 0.00000456. The van der Waals surface area contributed by atoms with E-state index in [4.69, 9.17) is 26.4 Å². The molecule has 2 saturated heterocycles. The molecule has 2 amide bonds. The molecule has 2 aliphatic heterocycles. The van der Waals surface area contributed by atoms with Crippen LogP contribution in [0.25, 0.3) is 6.08 Å². The summed E-state index contributed by atoms with van der Waals surface area (Å²) in [5, 5.41) is 43.3. The molecule has 0 saturated carbocycles. The van der Waals surface area contributed by atoms with Gasteiger partial charge in [-0.2, -0.15) is 0 Å². The molecule has 2 heterocycles. The molecule has 15 heteroatoms. The average Bonchev–Trinajstić information content (AvgIpc) is 3.06. The van der Waals surface area contributed by atoms with Crippen LogP contribution in [-0.4, -0.2) is 93.2 Å². The van der Waals surface area contributed by atoms with Gasteiger partial charge in [-0.15, -0.1) is 0 Å². The summed E-state index contributed by atoms with van der Waals surface area (Å²) in [4.78, 5) is 36.1. The Hall–Kier alpha value is -2.79. The van der Waals surface area contributed by atoms with Gasteiger partial charge in [-0.1, -0.05) is 30.0 Å².